The molecule has 1 saturated carbocycles. The van der Waals surface area contributed by atoms with E-state index in [9.17, 15) is 9.59 Å². The van der Waals surface area contributed by atoms with Crippen LogP contribution in [-0.2, 0) is 14.3 Å². The number of ketones is 1. The molecule has 1 aromatic rings. The number of esters is 1. The lowest BCUT2D eigenvalue weighted by molar-refractivity contribution is -0.153. The molecule has 2 aliphatic carbocycles. The summed E-state index contributed by atoms with van der Waals surface area (Å²) in [7, 11) is 3.19. The first-order valence-electron chi connectivity index (χ1n) is 11.3. The average molecular weight is 426 g/mol. The molecule has 166 valence electrons. The number of hydrogen-bond acceptors (Lipinski definition) is 6. The van der Waals surface area contributed by atoms with Crippen molar-refractivity contribution in [2.45, 2.75) is 70.3 Å². The molecule has 0 spiro atoms. The Morgan fingerprint density at radius 3 is 2.52 bits per heavy atom. The van der Waals surface area contributed by atoms with Gasteiger partial charge in [0.25, 0.3) is 0 Å². The van der Waals surface area contributed by atoms with Crippen LogP contribution in [0.2, 0.25) is 0 Å². The van der Waals surface area contributed by atoms with Crippen LogP contribution in [0.4, 0.5) is 0 Å². The van der Waals surface area contributed by atoms with Gasteiger partial charge in [0.2, 0.25) is 0 Å². The van der Waals surface area contributed by atoms with Gasteiger partial charge < -0.3 is 14.2 Å². The highest BCUT2D eigenvalue weighted by molar-refractivity contribution is 6.09. The van der Waals surface area contributed by atoms with Gasteiger partial charge in [0.15, 0.2) is 5.78 Å². The van der Waals surface area contributed by atoms with Crippen molar-refractivity contribution in [2.75, 3.05) is 14.2 Å². The fourth-order valence-electron chi connectivity index (χ4n) is 5.14. The zero-order valence-electron chi connectivity index (χ0n) is 18.6. The van der Waals surface area contributed by atoms with Gasteiger partial charge in [0, 0.05) is 41.0 Å². The second-order valence-electron chi connectivity index (χ2n) is 8.65. The van der Waals surface area contributed by atoms with Crippen LogP contribution in [0.3, 0.4) is 0 Å². The molecule has 31 heavy (non-hydrogen) atoms. The average Bonchev–Trinajstić information content (AvgIpc) is 2.78. The fourth-order valence-corrected chi connectivity index (χ4v) is 5.14. The van der Waals surface area contributed by atoms with Crippen molar-refractivity contribution < 1.29 is 23.8 Å². The molecule has 2 atom stereocenters. The zero-order chi connectivity index (χ0) is 22.0. The number of carbonyl (C=O) groups is 2. The number of Topliss-reactive ketones (excluding diaryl/α,β-unsaturated/α-hetero) is 1. The quantitative estimate of drug-likeness (QED) is 0.636. The van der Waals surface area contributed by atoms with Crippen molar-refractivity contribution in [3.63, 3.8) is 0 Å². The summed E-state index contributed by atoms with van der Waals surface area (Å²) < 4.78 is 17.0. The smallest absolute Gasteiger partial charge is 0.315 e. The van der Waals surface area contributed by atoms with Gasteiger partial charge in [-0.25, -0.2) is 0 Å². The van der Waals surface area contributed by atoms with E-state index in [1.165, 1.54) is 6.42 Å². The molecule has 1 unspecified atom stereocenters. The maximum absolute atomic E-state index is 13.5. The van der Waals surface area contributed by atoms with Crippen molar-refractivity contribution in [3.05, 3.63) is 35.0 Å². The minimum absolute atomic E-state index is 0.0510. The van der Waals surface area contributed by atoms with Crippen LogP contribution in [0.25, 0.3) is 0 Å². The third-order valence-corrected chi connectivity index (χ3v) is 6.70. The Balaban J connectivity index is 1.77. The second kappa shape index (κ2) is 9.25. The molecular weight excluding hydrogens is 394 g/mol. The van der Waals surface area contributed by atoms with Gasteiger partial charge in [-0.2, -0.15) is 0 Å². The summed E-state index contributed by atoms with van der Waals surface area (Å²) in [6.45, 7) is 1.87. The standard InChI is InChI=1S/C25H31NO5/c1-15-22(25(28)31-16-8-5-4-6-9-16)23(24-19(26-15)10-7-11-20(24)27)18-13-12-17(29-2)14-21(18)30-3/h12-14,16,22-23H,4-11H2,1-3H3/t22?,23-/m0/s1. The Labute approximate surface area is 183 Å². The number of aliphatic imine (C=N–C) groups is 1. The Hall–Kier alpha value is -2.63. The van der Waals surface area contributed by atoms with Crippen LogP contribution < -0.4 is 9.47 Å². The van der Waals surface area contributed by atoms with Gasteiger partial charge in [-0.3, -0.25) is 14.6 Å². The molecule has 0 aromatic heterocycles. The van der Waals surface area contributed by atoms with Gasteiger partial charge in [0.1, 0.15) is 23.5 Å². The predicted molar refractivity (Wildman–Crippen MR) is 118 cm³/mol. The van der Waals surface area contributed by atoms with E-state index in [1.54, 1.807) is 20.3 Å². The molecule has 3 aliphatic rings. The van der Waals surface area contributed by atoms with Gasteiger partial charge in [0.05, 0.1) is 14.2 Å². The Morgan fingerprint density at radius 2 is 1.81 bits per heavy atom. The molecule has 0 bridgehead atoms. The molecule has 1 fully saturated rings. The highest BCUT2D eigenvalue weighted by atomic mass is 16.5. The van der Waals surface area contributed by atoms with E-state index in [0.717, 1.165) is 49.8 Å². The summed E-state index contributed by atoms with van der Waals surface area (Å²) in [4.78, 5) is 31.2. The SMILES string of the molecule is COc1ccc([C@@H]2C3=C(CCCC3=O)N=C(C)C2C(=O)OC2CCCCC2)c(OC)c1. The van der Waals surface area contributed by atoms with E-state index < -0.39 is 11.8 Å². The molecule has 0 radical (unpaired) electrons. The third-order valence-electron chi connectivity index (χ3n) is 6.70. The largest absolute Gasteiger partial charge is 0.497 e. The molecule has 1 heterocycles. The lowest BCUT2D eigenvalue weighted by Gasteiger charge is -2.36. The maximum atomic E-state index is 13.5. The topological polar surface area (TPSA) is 74.2 Å². The summed E-state index contributed by atoms with van der Waals surface area (Å²) in [5.74, 6) is -0.0638. The van der Waals surface area contributed by atoms with Crippen LogP contribution in [0.1, 0.15) is 69.8 Å². The lowest BCUT2D eigenvalue weighted by atomic mass is 9.71. The Kier molecular flexibility index (Phi) is 6.44. The molecule has 6 heteroatoms. The summed E-state index contributed by atoms with van der Waals surface area (Å²) in [6, 6.07) is 5.54. The van der Waals surface area contributed by atoms with E-state index >= 15 is 0 Å². The normalized spacial score (nSPS) is 24.4. The highest BCUT2D eigenvalue weighted by Crippen LogP contribution is 2.47. The van der Waals surface area contributed by atoms with E-state index in [4.69, 9.17) is 19.2 Å². The highest BCUT2D eigenvalue weighted by Gasteiger charge is 2.44. The predicted octanol–water partition coefficient (Wildman–Crippen LogP) is 4.76. The van der Waals surface area contributed by atoms with E-state index in [-0.39, 0.29) is 17.9 Å². The number of methoxy groups -OCH3 is 2. The third kappa shape index (κ3) is 4.25. The Bertz CT molecular complexity index is 926. The van der Waals surface area contributed by atoms with Crippen LogP contribution in [0.5, 0.6) is 11.5 Å². The number of ether oxygens (including phenoxy) is 3. The molecule has 1 aliphatic heterocycles. The molecule has 0 saturated heterocycles. The first-order valence-corrected chi connectivity index (χ1v) is 11.3. The Morgan fingerprint density at radius 1 is 1.03 bits per heavy atom. The summed E-state index contributed by atoms with van der Waals surface area (Å²) in [5, 5.41) is 0. The minimum atomic E-state index is -0.634. The number of nitrogens with zero attached hydrogens (tertiary/aromatic N) is 1. The van der Waals surface area contributed by atoms with E-state index in [2.05, 4.69) is 0 Å². The van der Waals surface area contributed by atoms with Crippen molar-refractivity contribution in [1.82, 2.24) is 0 Å². The molecular formula is C25H31NO5. The number of benzene rings is 1. The van der Waals surface area contributed by atoms with Gasteiger partial charge in [-0.15, -0.1) is 0 Å². The van der Waals surface area contributed by atoms with Crippen molar-refractivity contribution in [1.29, 1.82) is 0 Å². The molecule has 1 aromatic carbocycles. The first kappa shape index (κ1) is 21.6. The van der Waals surface area contributed by atoms with Crippen LogP contribution in [-0.4, -0.2) is 37.8 Å². The van der Waals surface area contributed by atoms with Crippen molar-refractivity contribution in [2.24, 2.45) is 10.9 Å². The first-order chi connectivity index (χ1) is 15.0. The summed E-state index contributed by atoms with van der Waals surface area (Å²) in [5.41, 5.74) is 2.95. The van der Waals surface area contributed by atoms with Crippen molar-refractivity contribution in [3.8, 4) is 11.5 Å². The van der Waals surface area contributed by atoms with Gasteiger partial charge >= 0.3 is 5.97 Å². The van der Waals surface area contributed by atoms with Crippen LogP contribution in [0.15, 0.2) is 34.5 Å². The molecule has 4 rings (SSSR count). The van der Waals surface area contributed by atoms with Gasteiger partial charge in [-0.1, -0.05) is 12.5 Å². The molecule has 0 N–H and O–H groups in total. The zero-order valence-corrected chi connectivity index (χ0v) is 18.6. The van der Waals surface area contributed by atoms with E-state index in [0.29, 0.717) is 29.2 Å². The van der Waals surface area contributed by atoms with Crippen LogP contribution >= 0.6 is 0 Å². The number of allylic oxidation sites excluding steroid dienone is 2. The fraction of sp³-hybridized carbons (Fsp3) is 0.560. The van der Waals surface area contributed by atoms with Crippen LogP contribution in [0, 0.1) is 5.92 Å². The van der Waals surface area contributed by atoms with E-state index in [1.807, 2.05) is 19.1 Å². The van der Waals surface area contributed by atoms with Gasteiger partial charge in [-0.05, 0) is 51.5 Å². The monoisotopic (exact) mass is 425 g/mol. The second-order valence-corrected chi connectivity index (χ2v) is 8.65. The number of carbonyl (C=O) groups excluding carboxylic acids is 2. The summed E-state index contributed by atoms with van der Waals surface area (Å²) in [6.07, 6.45) is 7.12. The molecule has 6 nitrogen and oxygen atoms in total. The minimum Gasteiger partial charge on any atom is -0.497 e. The number of hydrogen-bond donors (Lipinski definition) is 0. The van der Waals surface area contributed by atoms with Crippen molar-refractivity contribution >= 4 is 17.5 Å². The molecule has 0 amide bonds. The lowest BCUT2D eigenvalue weighted by Crippen LogP contribution is -2.39. The number of rotatable bonds is 5. The summed E-state index contributed by atoms with van der Waals surface area (Å²) >= 11 is 0. The maximum Gasteiger partial charge on any atom is 0.315 e.